The van der Waals surface area contributed by atoms with Gasteiger partial charge in [0.05, 0.1) is 11.9 Å². The average Bonchev–Trinajstić information content (AvgIpc) is 2.54. The minimum Gasteiger partial charge on any atom is -0.392 e. The molecule has 0 spiro atoms. The Hall–Kier alpha value is -1.78. The predicted molar refractivity (Wildman–Crippen MR) is 92.9 cm³/mol. The van der Waals surface area contributed by atoms with E-state index in [-0.39, 0.29) is 17.8 Å². The van der Waals surface area contributed by atoms with Gasteiger partial charge in [-0.05, 0) is 37.1 Å². The van der Waals surface area contributed by atoms with Crippen LogP contribution in [0.1, 0.15) is 23.6 Å². The highest BCUT2D eigenvalue weighted by Gasteiger charge is 2.13. The molecule has 0 aliphatic rings. The molecular formula is C18H21NO2S. The van der Waals surface area contributed by atoms with Crippen molar-refractivity contribution < 1.29 is 9.90 Å². The number of nitrogens with one attached hydrogen (secondary N) is 1. The summed E-state index contributed by atoms with van der Waals surface area (Å²) in [6.45, 7) is 3.97. The van der Waals surface area contributed by atoms with Crippen molar-refractivity contribution in [1.82, 2.24) is 0 Å². The van der Waals surface area contributed by atoms with E-state index in [4.69, 9.17) is 5.11 Å². The van der Waals surface area contributed by atoms with Gasteiger partial charge in [0.25, 0.3) is 0 Å². The summed E-state index contributed by atoms with van der Waals surface area (Å²) in [5.41, 5.74) is 4.01. The first-order chi connectivity index (χ1) is 10.6. The molecule has 0 saturated heterocycles. The number of aliphatic hydroxyl groups is 1. The van der Waals surface area contributed by atoms with Crippen molar-refractivity contribution in [1.29, 1.82) is 0 Å². The van der Waals surface area contributed by atoms with Crippen LogP contribution in [-0.2, 0) is 17.2 Å². The Bertz CT molecular complexity index is 625. The summed E-state index contributed by atoms with van der Waals surface area (Å²) in [7, 11) is 0. The van der Waals surface area contributed by atoms with Crippen LogP contribution in [0.4, 0.5) is 5.69 Å². The Morgan fingerprint density at radius 3 is 2.55 bits per heavy atom. The van der Waals surface area contributed by atoms with Crippen molar-refractivity contribution in [3.63, 3.8) is 0 Å². The second kappa shape index (κ2) is 8.01. The van der Waals surface area contributed by atoms with E-state index in [0.717, 1.165) is 22.6 Å². The maximum atomic E-state index is 12.2. The highest BCUT2D eigenvalue weighted by molar-refractivity contribution is 7.99. The van der Waals surface area contributed by atoms with E-state index in [9.17, 15) is 4.79 Å². The van der Waals surface area contributed by atoms with Crippen molar-refractivity contribution >= 4 is 23.4 Å². The number of hydrogen-bond acceptors (Lipinski definition) is 3. The zero-order chi connectivity index (χ0) is 15.9. The molecule has 4 heteroatoms. The van der Waals surface area contributed by atoms with Gasteiger partial charge in [0, 0.05) is 11.4 Å². The lowest BCUT2D eigenvalue weighted by Crippen LogP contribution is -2.22. The maximum Gasteiger partial charge on any atom is 0.237 e. The zero-order valence-electron chi connectivity index (χ0n) is 12.9. The average molecular weight is 315 g/mol. The lowest BCUT2D eigenvalue weighted by Gasteiger charge is -2.12. The number of hydrogen-bond donors (Lipinski definition) is 2. The van der Waals surface area contributed by atoms with Gasteiger partial charge in [-0.3, -0.25) is 4.79 Å². The molecular weight excluding hydrogens is 294 g/mol. The molecule has 2 rings (SSSR count). The van der Waals surface area contributed by atoms with E-state index in [1.54, 1.807) is 11.8 Å². The molecule has 3 nitrogen and oxygen atoms in total. The summed E-state index contributed by atoms with van der Waals surface area (Å²) in [4.78, 5) is 12.2. The van der Waals surface area contributed by atoms with Crippen molar-refractivity contribution in [3.8, 4) is 0 Å². The minimum absolute atomic E-state index is 0.00664. The standard InChI is InChI=1S/C18H21NO2S/c1-13-6-8-17(9-7-13)19-18(21)14(2)22-12-16-5-3-4-15(10-16)11-20/h3-10,14,20H,11-12H2,1-2H3,(H,19,21). The van der Waals surface area contributed by atoms with Crippen LogP contribution in [0, 0.1) is 6.92 Å². The van der Waals surface area contributed by atoms with Crippen LogP contribution in [0.3, 0.4) is 0 Å². The van der Waals surface area contributed by atoms with E-state index in [1.807, 2.05) is 62.4 Å². The van der Waals surface area contributed by atoms with Gasteiger partial charge in [-0.25, -0.2) is 0 Å². The largest absolute Gasteiger partial charge is 0.392 e. The van der Waals surface area contributed by atoms with Crippen molar-refractivity contribution in [2.75, 3.05) is 5.32 Å². The fourth-order valence-electron chi connectivity index (χ4n) is 2.00. The fourth-order valence-corrected chi connectivity index (χ4v) is 2.83. The molecule has 2 N–H and O–H groups in total. The quantitative estimate of drug-likeness (QED) is 0.853. The van der Waals surface area contributed by atoms with Crippen LogP contribution >= 0.6 is 11.8 Å². The van der Waals surface area contributed by atoms with Gasteiger partial charge in [0.1, 0.15) is 0 Å². The van der Waals surface area contributed by atoms with Crippen molar-refractivity contribution in [2.24, 2.45) is 0 Å². The molecule has 0 aliphatic heterocycles. The molecule has 2 aromatic rings. The van der Waals surface area contributed by atoms with Gasteiger partial charge in [0.2, 0.25) is 5.91 Å². The number of carbonyl (C=O) groups excluding carboxylic acids is 1. The third-order valence-corrected chi connectivity index (χ3v) is 4.58. The smallest absolute Gasteiger partial charge is 0.237 e. The van der Waals surface area contributed by atoms with E-state index >= 15 is 0 Å². The molecule has 0 heterocycles. The number of amides is 1. The summed E-state index contributed by atoms with van der Waals surface area (Å²) < 4.78 is 0. The third-order valence-electron chi connectivity index (χ3n) is 3.36. The van der Waals surface area contributed by atoms with E-state index in [2.05, 4.69) is 5.32 Å². The van der Waals surface area contributed by atoms with E-state index in [1.165, 1.54) is 5.56 Å². The molecule has 1 amide bonds. The second-order valence-corrected chi connectivity index (χ2v) is 6.62. The minimum atomic E-state index is -0.140. The topological polar surface area (TPSA) is 49.3 Å². The number of anilines is 1. The first kappa shape index (κ1) is 16.6. The molecule has 0 radical (unpaired) electrons. The summed E-state index contributed by atoms with van der Waals surface area (Å²) in [6, 6.07) is 15.6. The number of aliphatic hydroxyl groups excluding tert-OH is 1. The van der Waals surface area contributed by atoms with Gasteiger partial charge in [-0.2, -0.15) is 0 Å². The molecule has 1 unspecified atom stereocenters. The van der Waals surface area contributed by atoms with Crippen LogP contribution in [-0.4, -0.2) is 16.3 Å². The maximum absolute atomic E-state index is 12.2. The number of aryl methyl sites for hydroxylation is 1. The Morgan fingerprint density at radius 1 is 1.18 bits per heavy atom. The third kappa shape index (κ3) is 4.90. The SMILES string of the molecule is Cc1ccc(NC(=O)C(C)SCc2cccc(CO)c2)cc1. The lowest BCUT2D eigenvalue weighted by atomic mass is 10.1. The molecule has 0 saturated carbocycles. The summed E-state index contributed by atoms with van der Waals surface area (Å²) >= 11 is 1.59. The van der Waals surface area contributed by atoms with Crippen molar-refractivity contribution in [2.45, 2.75) is 31.5 Å². The normalized spacial score (nSPS) is 12.0. The van der Waals surface area contributed by atoms with Gasteiger partial charge in [-0.1, -0.05) is 42.0 Å². The van der Waals surface area contributed by atoms with Gasteiger partial charge >= 0.3 is 0 Å². The highest BCUT2D eigenvalue weighted by atomic mass is 32.2. The molecule has 0 fully saturated rings. The molecule has 1 atom stereocenters. The fraction of sp³-hybridized carbons (Fsp3) is 0.278. The number of rotatable bonds is 6. The summed E-state index contributed by atoms with van der Waals surface area (Å²) in [6.07, 6.45) is 0. The first-order valence-corrected chi connectivity index (χ1v) is 8.31. The van der Waals surface area contributed by atoms with Crippen LogP contribution in [0.2, 0.25) is 0 Å². The molecule has 116 valence electrons. The van der Waals surface area contributed by atoms with Crippen LogP contribution < -0.4 is 5.32 Å². The van der Waals surface area contributed by atoms with Crippen LogP contribution in [0.15, 0.2) is 48.5 Å². The second-order valence-electron chi connectivity index (χ2n) is 5.29. The van der Waals surface area contributed by atoms with Gasteiger partial charge in [-0.15, -0.1) is 11.8 Å². The number of benzene rings is 2. The Balaban J connectivity index is 1.86. The number of carbonyl (C=O) groups is 1. The summed E-state index contributed by atoms with van der Waals surface area (Å²) in [5.74, 6) is 0.753. The highest BCUT2D eigenvalue weighted by Crippen LogP contribution is 2.20. The predicted octanol–water partition coefficient (Wildman–Crippen LogP) is 3.75. The Labute approximate surface area is 135 Å². The lowest BCUT2D eigenvalue weighted by molar-refractivity contribution is -0.115. The van der Waals surface area contributed by atoms with Gasteiger partial charge < -0.3 is 10.4 Å². The van der Waals surface area contributed by atoms with Crippen LogP contribution in [0.5, 0.6) is 0 Å². The molecule has 0 bridgehead atoms. The van der Waals surface area contributed by atoms with Crippen molar-refractivity contribution in [3.05, 3.63) is 65.2 Å². The zero-order valence-corrected chi connectivity index (χ0v) is 13.7. The molecule has 0 aliphatic carbocycles. The van der Waals surface area contributed by atoms with E-state index < -0.39 is 0 Å². The molecule has 2 aromatic carbocycles. The van der Waals surface area contributed by atoms with Crippen LogP contribution in [0.25, 0.3) is 0 Å². The molecule has 22 heavy (non-hydrogen) atoms. The van der Waals surface area contributed by atoms with E-state index in [0.29, 0.717) is 0 Å². The van der Waals surface area contributed by atoms with Gasteiger partial charge in [0.15, 0.2) is 0 Å². The Kier molecular flexibility index (Phi) is 6.04. The molecule has 0 aromatic heterocycles. The first-order valence-electron chi connectivity index (χ1n) is 7.26. The Morgan fingerprint density at radius 2 is 1.86 bits per heavy atom. The summed E-state index contributed by atoms with van der Waals surface area (Å²) in [5, 5.41) is 11.9. The monoisotopic (exact) mass is 315 g/mol. The number of thioether (sulfide) groups is 1.